The molecule has 26 heavy (non-hydrogen) atoms. The highest BCUT2D eigenvalue weighted by atomic mass is 19.1. The highest BCUT2D eigenvalue weighted by molar-refractivity contribution is 6.10. The molecule has 3 aromatic rings. The van der Waals surface area contributed by atoms with Crippen molar-refractivity contribution in [2.75, 3.05) is 0 Å². The molecule has 1 amide bonds. The van der Waals surface area contributed by atoms with Gasteiger partial charge in [-0.1, -0.05) is 24.3 Å². The van der Waals surface area contributed by atoms with Crippen molar-refractivity contribution in [1.82, 2.24) is 10.3 Å². The van der Waals surface area contributed by atoms with E-state index in [1.807, 2.05) is 6.07 Å². The molecule has 0 fully saturated rings. The van der Waals surface area contributed by atoms with Crippen LogP contribution in [-0.2, 0) is 6.54 Å². The molecule has 0 bridgehead atoms. The summed E-state index contributed by atoms with van der Waals surface area (Å²) in [7, 11) is 0. The van der Waals surface area contributed by atoms with Crippen LogP contribution >= 0.6 is 0 Å². The van der Waals surface area contributed by atoms with Crippen molar-refractivity contribution >= 4 is 11.7 Å². The average molecular weight is 347 g/mol. The van der Waals surface area contributed by atoms with Crippen molar-refractivity contribution in [3.8, 4) is 6.07 Å². The molecule has 0 unspecified atom stereocenters. The zero-order chi connectivity index (χ0) is 18.5. The molecule has 0 aliphatic carbocycles. The van der Waals surface area contributed by atoms with Gasteiger partial charge in [-0.05, 0) is 35.9 Å². The highest BCUT2D eigenvalue weighted by Crippen LogP contribution is 2.14. The number of carbonyl (C=O) groups is 2. The van der Waals surface area contributed by atoms with Crippen LogP contribution in [-0.4, -0.2) is 16.7 Å². The van der Waals surface area contributed by atoms with E-state index >= 15 is 0 Å². The summed E-state index contributed by atoms with van der Waals surface area (Å²) in [6.07, 6.45) is 1.38. The SMILES string of the molecule is N#Cc1ccc(CNC(=O)c2cc(C(=O)c3ccccc3F)c[nH]2)cc1. The molecule has 0 saturated heterocycles. The van der Waals surface area contributed by atoms with Crippen LogP contribution in [0, 0.1) is 17.1 Å². The van der Waals surface area contributed by atoms with E-state index in [9.17, 15) is 14.0 Å². The Hall–Kier alpha value is -3.72. The standard InChI is InChI=1S/C20H14FN3O2/c21-17-4-2-1-3-16(17)19(25)15-9-18(23-12-15)20(26)24-11-14-7-5-13(10-22)6-8-14/h1-9,12,23H,11H2,(H,24,26). The lowest BCUT2D eigenvalue weighted by Gasteiger charge is -2.04. The molecule has 128 valence electrons. The van der Waals surface area contributed by atoms with E-state index in [0.29, 0.717) is 5.56 Å². The van der Waals surface area contributed by atoms with Crippen LogP contribution in [0.5, 0.6) is 0 Å². The summed E-state index contributed by atoms with van der Waals surface area (Å²) in [6, 6.07) is 15.9. The molecule has 3 rings (SSSR count). The van der Waals surface area contributed by atoms with Gasteiger partial charge in [0, 0.05) is 18.3 Å². The first-order valence-corrected chi connectivity index (χ1v) is 7.83. The number of nitrogens with one attached hydrogen (secondary N) is 2. The summed E-state index contributed by atoms with van der Waals surface area (Å²) in [4.78, 5) is 27.3. The van der Waals surface area contributed by atoms with Crippen LogP contribution in [0.4, 0.5) is 4.39 Å². The Kier molecular flexibility index (Phi) is 4.90. The second-order valence-corrected chi connectivity index (χ2v) is 5.60. The molecule has 2 aromatic carbocycles. The van der Waals surface area contributed by atoms with Crippen molar-refractivity contribution in [2.45, 2.75) is 6.54 Å². The van der Waals surface area contributed by atoms with Gasteiger partial charge in [-0.2, -0.15) is 5.26 Å². The number of rotatable bonds is 5. The normalized spacial score (nSPS) is 10.2. The first-order valence-electron chi connectivity index (χ1n) is 7.83. The lowest BCUT2D eigenvalue weighted by atomic mass is 10.1. The third kappa shape index (κ3) is 3.68. The van der Waals surface area contributed by atoms with Gasteiger partial charge in [0.2, 0.25) is 0 Å². The van der Waals surface area contributed by atoms with Crippen LogP contribution in [0.2, 0.25) is 0 Å². The first-order chi connectivity index (χ1) is 12.6. The van der Waals surface area contributed by atoms with Gasteiger partial charge in [0.25, 0.3) is 5.91 Å². The molecule has 0 aliphatic heterocycles. The van der Waals surface area contributed by atoms with Crippen LogP contribution in [0.25, 0.3) is 0 Å². The van der Waals surface area contributed by atoms with E-state index in [-0.39, 0.29) is 29.3 Å². The number of aromatic nitrogens is 1. The average Bonchev–Trinajstić information content (AvgIpc) is 3.16. The molecule has 1 heterocycles. The van der Waals surface area contributed by atoms with Crippen LogP contribution in [0.15, 0.2) is 60.8 Å². The Labute approximate surface area is 149 Å². The van der Waals surface area contributed by atoms with E-state index in [1.54, 1.807) is 30.3 Å². The largest absolute Gasteiger partial charge is 0.356 e. The number of nitrogens with zero attached hydrogens (tertiary/aromatic N) is 1. The summed E-state index contributed by atoms with van der Waals surface area (Å²) in [6.45, 7) is 0.278. The molecular weight excluding hydrogens is 333 g/mol. The van der Waals surface area contributed by atoms with E-state index < -0.39 is 11.6 Å². The van der Waals surface area contributed by atoms with Gasteiger partial charge >= 0.3 is 0 Å². The number of nitriles is 1. The fraction of sp³-hybridized carbons (Fsp3) is 0.0500. The molecule has 0 saturated carbocycles. The van der Waals surface area contributed by atoms with Crippen molar-refractivity contribution in [3.05, 3.63) is 94.6 Å². The Morgan fingerprint density at radius 2 is 1.85 bits per heavy atom. The lowest BCUT2D eigenvalue weighted by molar-refractivity contribution is 0.0946. The van der Waals surface area contributed by atoms with Crippen molar-refractivity contribution in [1.29, 1.82) is 5.26 Å². The monoisotopic (exact) mass is 347 g/mol. The lowest BCUT2D eigenvalue weighted by Crippen LogP contribution is -2.23. The predicted octanol–water partition coefficient (Wildman–Crippen LogP) is 3.19. The number of H-pyrrole nitrogens is 1. The highest BCUT2D eigenvalue weighted by Gasteiger charge is 2.17. The molecule has 2 N–H and O–H groups in total. The second kappa shape index (κ2) is 7.45. The van der Waals surface area contributed by atoms with Gasteiger partial charge < -0.3 is 10.3 Å². The van der Waals surface area contributed by atoms with Gasteiger partial charge in [0.1, 0.15) is 11.5 Å². The second-order valence-electron chi connectivity index (χ2n) is 5.60. The zero-order valence-corrected chi connectivity index (χ0v) is 13.6. The number of halogens is 1. The topological polar surface area (TPSA) is 85.8 Å². The molecule has 0 aliphatic rings. The van der Waals surface area contributed by atoms with E-state index in [0.717, 1.165) is 5.56 Å². The van der Waals surface area contributed by atoms with Gasteiger partial charge in [0.05, 0.1) is 17.2 Å². The van der Waals surface area contributed by atoms with Crippen LogP contribution in [0.1, 0.15) is 37.5 Å². The number of aromatic amines is 1. The number of ketones is 1. The zero-order valence-electron chi connectivity index (χ0n) is 13.6. The number of amides is 1. The maximum Gasteiger partial charge on any atom is 0.267 e. The van der Waals surface area contributed by atoms with Gasteiger partial charge in [-0.25, -0.2) is 4.39 Å². The summed E-state index contributed by atoms with van der Waals surface area (Å²) in [5, 5.41) is 11.5. The summed E-state index contributed by atoms with van der Waals surface area (Å²) >= 11 is 0. The van der Waals surface area contributed by atoms with Gasteiger partial charge in [-0.3, -0.25) is 9.59 Å². The van der Waals surface area contributed by atoms with E-state index in [2.05, 4.69) is 10.3 Å². The molecule has 0 atom stereocenters. The third-order valence-electron chi connectivity index (χ3n) is 3.84. The van der Waals surface area contributed by atoms with Crippen molar-refractivity contribution in [3.63, 3.8) is 0 Å². The Morgan fingerprint density at radius 3 is 2.54 bits per heavy atom. The number of carbonyl (C=O) groups excluding carboxylic acids is 2. The predicted molar refractivity (Wildman–Crippen MR) is 93.0 cm³/mol. The summed E-state index contributed by atoms with van der Waals surface area (Å²) < 4.78 is 13.7. The fourth-order valence-corrected chi connectivity index (χ4v) is 2.43. The van der Waals surface area contributed by atoms with E-state index in [4.69, 9.17) is 5.26 Å². The maximum atomic E-state index is 13.7. The third-order valence-corrected chi connectivity index (χ3v) is 3.84. The molecule has 0 spiro atoms. The molecule has 5 nitrogen and oxygen atoms in total. The van der Waals surface area contributed by atoms with E-state index in [1.165, 1.54) is 30.5 Å². The van der Waals surface area contributed by atoms with Crippen LogP contribution in [0.3, 0.4) is 0 Å². The van der Waals surface area contributed by atoms with Crippen molar-refractivity contribution in [2.24, 2.45) is 0 Å². The summed E-state index contributed by atoms with van der Waals surface area (Å²) in [5.41, 5.74) is 1.75. The minimum absolute atomic E-state index is 0.0453. The molecule has 6 heteroatoms. The van der Waals surface area contributed by atoms with Crippen LogP contribution < -0.4 is 5.32 Å². The fourth-order valence-electron chi connectivity index (χ4n) is 2.43. The quantitative estimate of drug-likeness (QED) is 0.695. The Balaban J connectivity index is 1.67. The molecule has 1 aromatic heterocycles. The number of benzene rings is 2. The summed E-state index contributed by atoms with van der Waals surface area (Å²) in [5.74, 6) is -1.49. The number of hydrogen-bond acceptors (Lipinski definition) is 3. The minimum Gasteiger partial charge on any atom is -0.356 e. The van der Waals surface area contributed by atoms with Gasteiger partial charge in [0.15, 0.2) is 5.78 Å². The van der Waals surface area contributed by atoms with Gasteiger partial charge in [-0.15, -0.1) is 0 Å². The maximum absolute atomic E-state index is 13.7. The Morgan fingerprint density at radius 1 is 1.12 bits per heavy atom. The van der Waals surface area contributed by atoms with Crippen molar-refractivity contribution < 1.29 is 14.0 Å². The molecular formula is C20H14FN3O2. The minimum atomic E-state index is -0.606. The Bertz CT molecular complexity index is 1000. The number of hydrogen-bond donors (Lipinski definition) is 2. The first kappa shape index (κ1) is 17.1. The smallest absolute Gasteiger partial charge is 0.267 e. The molecule has 0 radical (unpaired) electrons.